The second-order valence-corrected chi connectivity index (χ2v) is 13.9. The molecule has 0 N–H and O–H groups in total. The van der Waals surface area contributed by atoms with Crippen LogP contribution in [0.4, 0.5) is 17.1 Å². The SMILES string of the molecule is c1ccc2cc3c(cc2c1)oc1cc(N(c2ccc(-c4nc5ccccc5s4)cc2)c2ccc4c(c2)oc2cc5ccccc5cc24)ccc13. The van der Waals surface area contributed by atoms with Gasteiger partial charge in [0, 0.05) is 56.3 Å². The van der Waals surface area contributed by atoms with Crippen molar-refractivity contribution in [3.05, 3.63) is 158 Å². The zero-order chi connectivity index (χ0) is 32.8. The number of nitrogens with zero attached hydrogens (tertiary/aromatic N) is 2. The van der Waals surface area contributed by atoms with Crippen molar-refractivity contribution in [1.82, 2.24) is 4.98 Å². The molecular weight excluding hydrogens is 633 g/mol. The molecule has 0 aliphatic rings. The lowest BCUT2D eigenvalue weighted by Gasteiger charge is -2.25. The van der Waals surface area contributed by atoms with Gasteiger partial charge in [-0.15, -0.1) is 11.3 Å². The number of aromatic nitrogens is 1. The molecule has 8 aromatic carbocycles. The van der Waals surface area contributed by atoms with E-state index in [9.17, 15) is 0 Å². The lowest BCUT2D eigenvalue weighted by Crippen LogP contribution is -2.09. The summed E-state index contributed by atoms with van der Waals surface area (Å²) in [5, 5.41) is 10.2. The third-order valence-corrected chi connectivity index (χ3v) is 10.9. The third-order valence-electron chi connectivity index (χ3n) is 9.83. The number of para-hydroxylation sites is 1. The molecule has 0 unspecified atom stereocenters. The third kappa shape index (κ3) is 4.27. The van der Waals surface area contributed by atoms with Gasteiger partial charge in [0.2, 0.25) is 0 Å². The van der Waals surface area contributed by atoms with E-state index in [1.54, 1.807) is 11.3 Å². The van der Waals surface area contributed by atoms with Crippen LogP contribution in [-0.4, -0.2) is 4.98 Å². The van der Waals surface area contributed by atoms with Crippen molar-refractivity contribution in [2.24, 2.45) is 0 Å². The van der Waals surface area contributed by atoms with Crippen LogP contribution in [0.25, 0.3) is 86.2 Å². The van der Waals surface area contributed by atoms with Crippen LogP contribution < -0.4 is 4.90 Å². The van der Waals surface area contributed by atoms with Crippen LogP contribution in [0.5, 0.6) is 0 Å². The van der Waals surface area contributed by atoms with Gasteiger partial charge >= 0.3 is 0 Å². The van der Waals surface area contributed by atoms with Crippen molar-refractivity contribution >= 4 is 104 Å². The number of hydrogen-bond acceptors (Lipinski definition) is 5. The summed E-state index contributed by atoms with van der Waals surface area (Å²) in [6, 6.07) is 55.6. The predicted molar refractivity (Wildman–Crippen MR) is 209 cm³/mol. The molecule has 0 fully saturated rings. The standard InChI is InChI=1S/C45H26N2O2S/c1-3-9-30-23-40-37(21-28(30)7-1)35-19-17-33(25-42(35)48-40)47(32-15-13-27(14-16-32)45-46-39-11-5-6-12-44(39)50-45)34-18-20-36-38-22-29-8-2-4-10-31(29)24-41(38)49-43(36)26-34/h1-26H. The van der Waals surface area contributed by atoms with Gasteiger partial charge in [0.25, 0.3) is 0 Å². The van der Waals surface area contributed by atoms with Gasteiger partial charge in [-0.3, -0.25) is 0 Å². The average Bonchev–Trinajstić information content (AvgIpc) is 3.85. The van der Waals surface area contributed by atoms with Gasteiger partial charge in [0.15, 0.2) is 0 Å². The minimum Gasteiger partial charge on any atom is -0.456 e. The highest BCUT2D eigenvalue weighted by Gasteiger charge is 2.19. The van der Waals surface area contributed by atoms with Crippen LogP contribution in [-0.2, 0) is 0 Å². The summed E-state index contributed by atoms with van der Waals surface area (Å²) in [6.07, 6.45) is 0. The quantitative estimate of drug-likeness (QED) is 0.189. The zero-order valence-corrected chi connectivity index (χ0v) is 27.4. The summed E-state index contributed by atoms with van der Waals surface area (Å²) in [5.41, 5.74) is 8.60. The van der Waals surface area contributed by atoms with E-state index < -0.39 is 0 Å². The number of benzene rings is 8. The molecule has 0 aliphatic carbocycles. The maximum atomic E-state index is 6.52. The monoisotopic (exact) mass is 658 g/mol. The lowest BCUT2D eigenvalue weighted by atomic mass is 10.0. The molecule has 0 saturated heterocycles. The molecular formula is C45H26N2O2S. The van der Waals surface area contributed by atoms with Crippen molar-refractivity contribution in [3.63, 3.8) is 0 Å². The largest absolute Gasteiger partial charge is 0.456 e. The van der Waals surface area contributed by atoms with Crippen molar-refractivity contribution in [2.45, 2.75) is 0 Å². The fraction of sp³-hybridized carbons (Fsp3) is 0. The van der Waals surface area contributed by atoms with E-state index in [1.807, 2.05) is 6.07 Å². The molecule has 0 saturated carbocycles. The Hall–Kier alpha value is -6.43. The van der Waals surface area contributed by atoms with Crippen molar-refractivity contribution in [2.75, 3.05) is 4.90 Å². The summed E-state index contributed by atoms with van der Waals surface area (Å²) in [6.45, 7) is 0. The van der Waals surface area contributed by atoms with Gasteiger partial charge < -0.3 is 13.7 Å². The summed E-state index contributed by atoms with van der Waals surface area (Å²) < 4.78 is 14.2. The molecule has 0 radical (unpaired) electrons. The second kappa shape index (κ2) is 10.5. The molecule has 3 aromatic heterocycles. The Morgan fingerprint density at radius 2 is 0.900 bits per heavy atom. The van der Waals surface area contributed by atoms with Crippen LogP contribution in [0, 0.1) is 0 Å². The molecule has 4 nitrogen and oxygen atoms in total. The predicted octanol–water partition coefficient (Wildman–Crippen LogP) is 13.5. The van der Waals surface area contributed by atoms with E-state index in [0.717, 1.165) is 77.0 Å². The van der Waals surface area contributed by atoms with E-state index in [2.05, 4.69) is 157 Å². The van der Waals surface area contributed by atoms with Crippen molar-refractivity contribution in [3.8, 4) is 10.6 Å². The minimum absolute atomic E-state index is 0.848. The molecule has 234 valence electrons. The van der Waals surface area contributed by atoms with Gasteiger partial charge in [-0.25, -0.2) is 4.98 Å². The lowest BCUT2D eigenvalue weighted by molar-refractivity contribution is 0.669. The van der Waals surface area contributed by atoms with Crippen LogP contribution in [0.1, 0.15) is 0 Å². The first-order valence-electron chi connectivity index (χ1n) is 16.7. The number of thiazole rings is 1. The molecule has 11 aromatic rings. The number of rotatable bonds is 4. The number of fused-ring (bicyclic) bond motifs is 9. The Morgan fingerprint density at radius 1 is 0.420 bits per heavy atom. The summed E-state index contributed by atoms with van der Waals surface area (Å²) in [5.74, 6) is 0. The highest BCUT2D eigenvalue weighted by molar-refractivity contribution is 7.21. The number of anilines is 3. The fourth-order valence-corrected chi connectivity index (χ4v) is 8.35. The van der Waals surface area contributed by atoms with Crippen LogP contribution in [0.3, 0.4) is 0 Å². The fourth-order valence-electron chi connectivity index (χ4n) is 7.38. The molecule has 0 atom stereocenters. The highest BCUT2D eigenvalue weighted by atomic mass is 32.1. The zero-order valence-electron chi connectivity index (χ0n) is 26.6. The molecule has 50 heavy (non-hydrogen) atoms. The number of furan rings is 2. The normalized spacial score (nSPS) is 12.0. The first-order chi connectivity index (χ1) is 24.7. The Balaban J connectivity index is 1.08. The van der Waals surface area contributed by atoms with Gasteiger partial charge in [0.1, 0.15) is 27.3 Å². The maximum Gasteiger partial charge on any atom is 0.137 e. The molecule has 3 heterocycles. The van der Waals surface area contributed by atoms with Gasteiger partial charge in [-0.2, -0.15) is 0 Å². The van der Waals surface area contributed by atoms with Crippen molar-refractivity contribution < 1.29 is 8.83 Å². The summed E-state index contributed by atoms with van der Waals surface area (Å²) in [7, 11) is 0. The molecule has 5 heteroatoms. The Morgan fingerprint density at radius 3 is 1.46 bits per heavy atom. The summed E-state index contributed by atoms with van der Waals surface area (Å²) in [4.78, 5) is 7.18. The highest BCUT2D eigenvalue weighted by Crippen LogP contribution is 2.42. The molecule has 0 spiro atoms. The van der Waals surface area contributed by atoms with E-state index in [4.69, 9.17) is 13.8 Å². The second-order valence-electron chi connectivity index (χ2n) is 12.8. The topological polar surface area (TPSA) is 42.4 Å². The van der Waals surface area contributed by atoms with Gasteiger partial charge in [0.05, 0.1) is 10.2 Å². The van der Waals surface area contributed by atoms with E-state index in [-0.39, 0.29) is 0 Å². The van der Waals surface area contributed by atoms with E-state index in [0.29, 0.717) is 0 Å². The average molecular weight is 659 g/mol. The summed E-state index contributed by atoms with van der Waals surface area (Å²) >= 11 is 1.72. The first-order valence-corrected chi connectivity index (χ1v) is 17.5. The molecule has 11 rings (SSSR count). The van der Waals surface area contributed by atoms with Crippen LogP contribution in [0.15, 0.2) is 167 Å². The minimum atomic E-state index is 0.848. The van der Waals surface area contributed by atoms with Crippen molar-refractivity contribution in [1.29, 1.82) is 0 Å². The van der Waals surface area contributed by atoms with Gasteiger partial charge in [-0.1, -0.05) is 60.7 Å². The molecule has 0 aliphatic heterocycles. The number of hydrogen-bond donors (Lipinski definition) is 0. The van der Waals surface area contributed by atoms with Crippen LogP contribution >= 0.6 is 11.3 Å². The Kier molecular flexibility index (Phi) is 5.80. The van der Waals surface area contributed by atoms with Crippen LogP contribution in [0.2, 0.25) is 0 Å². The van der Waals surface area contributed by atoms with Gasteiger partial charge in [-0.05, 0) is 106 Å². The smallest absolute Gasteiger partial charge is 0.137 e. The molecule has 0 amide bonds. The maximum absolute atomic E-state index is 6.52. The Bertz CT molecular complexity index is 2930. The molecule has 0 bridgehead atoms. The first kappa shape index (κ1) is 27.5. The van der Waals surface area contributed by atoms with E-state index in [1.165, 1.54) is 26.2 Å². The van der Waals surface area contributed by atoms with E-state index >= 15 is 0 Å². The Labute approximate surface area is 290 Å².